The molecule has 30 heavy (non-hydrogen) atoms. The summed E-state index contributed by atoms with van der Waals surface area (Å²) in [7, 11) is 0. The first kappa shape index (κ1) is 19.8. The van der Waals surface area contributed by atoms with Crippen molar-refractivity contribution >= 4 is 28.5 Å². The lowest BCUT2D eigenvalue weighted by Crippen LogP contribution is -2.17. The van der Waals surface area contributed by atoms with Gasteiger partial charge in [0.2, 0.25) is 0 Å². The smallest absolute Gasteiger partial charge is 0.476 e. The van der Waals surface area contributed by atoms with Gasteiger partial charge in [0.1, 0.15) is 5.75 Å². The summed E-state index contributed by atoms with van der Waals surface area (Å²) < 4.78 is 42.9. The van der Waals surface area contributed by atoms with Gasteiger partial charge in [-0.1, -0.05) is 35.9 Å². The number of fused-ring (bicyclic) bond motifs is 1. The van der Waals surface area contributed by atoms with Crippen molar-refractivity contribution in [3.8, 4) is 22.6 Å². The van der Waals surface area contributed by atoms with Gasteiger partial charge in [-0.15, -0.1) is 13.2 Å². The number of carbonyl (C=O) groups is 1. The maximum absolute atomic E-state index is 12.5. The van der Waals surface area contributed by atoms with Crippen LogP contribution in [0.4, 0.5) is 13.2 Å². The lowest BCUT2D eigenvalue weighted by Gasteiger charge is -2.10. The molecule has 0 radical (unpaired) electrons. The zero-order valence-corrected chi connectivity index (χ0v) is 15.8. The molecule has 1 N–H and O–H groups in total. The molecule has 1 heterocycles. The SMILES string of the molecule is O=C(O)c1nn(-c2cccc(Cl)c2)c2ccc(-c3cccc(OC(F)(F)F)c3)cc12. The normalized spacial score (nSPS) is 11.6. The molecule has 0 atom stereocenters. The number of ether oxygens (including phenoxy) is 1. The molecule has 0 fully saturated rings. The predicted molar refractivity (Wildman–Crippen MR) is 105 cm³/mol. The fraction of sp³-hybridized carbons (Fsp3) is 0.0476. The first-order valence-corrected chi connectivity index (χ1v) is 8.97. The van der Waals surface area contributed by atoms with Gasteiger partial charge < -0.3 is 9.84 Å². The lowest BCUT2D eigenvalue weighted by atomic mass is 10.0. The van der Waals surface area contributed by atoms with Crippen molar-refractivity contribution in [2.45, 2.75) is 6.36 Å². The van der Waals surface area contributed by atoms with Crippen molar-refractivity contribution in [1.82, 2.24) is 9.78 Å². The average molecular weight is 433 g/mol. The first-order chi connectivity index (χ1) is 14.2. The number of carboxylic acid groups (broad SMARTS) is 1. The van der Waals surface area contributed by atoms with Crippen molar-refractivity contribution in [3.05, 3.63) is 77.4 Å². The minimum Gasteiger partial charge on any atom is -0.476 e. The predicted octanol–water partition coefficient (Wildman–Crippen LogP) is 5.94. The van der Waals surface area contributed by atoms with E-state index < -0.39 is 12.3 Å². The third-order valence-corrected chi connectivity index (χ3v) is 4.57. The Morgan fingerprint density at radius 1 is 1.00 bits per heavy atom. The number of carboxylic acids is 1. The molecule has 0 bridgehead atoms. The molecular formula is C21H12ClF3N2O3. The standard InChI is InChI=1S/C21H12ClF3N2O3/c22-14-4-2-5-15(11-14)27-18-8-7-13(10-17(18)19(26-27)20(28)29)12-3-1-6-16(9-12)30-21(23,24)25/h1-11H,(H,28,29). The van der Waals surface area contributed by atoms with Crippen molar-refractivity contribution < 1.29 is 27.8 Å². The van der Waals surface area contributed by atoms with E-state index in [4.69, 9.17) is 11.6 Å². The molecule has 1 aromatic heterocycles. The second kappa shape index (κ2) is 7.38. The van der Waals surface area contributed by atoms with Gasteiger partial charge in [0.15, 0.2) is 5.69 Å². The van der Waals surface area contributed by atoms with Crippen LogP contribution in [0.1, 0.15) is 10.5 Å². The van der Waals surface area contributed by atoms with Gasteiger partial charge in [-0.05, 0) is 53.6 Å². The maximum Gasteiger partial charge on any atom is 0.573 e. The minimum atomic E-state index is -4.81. The van der Waals surface area contributed by atoms with Crippen molar-refractivity contribution in [2.75, 3.05) is 0 Å². The summed E-state index contributed by atoms with van der Waals surface area (Å²) in [6.45, 7) is 0. The fourth-order valence-electron chi connectivity index (χ4n) is 3.13. The molecule has 0 spiro atoms. The quantitative estimate of drug-likeness (QED) is 0.433. The largest absolute Gasteiger partial charge is 0.573 e. The number of hydrogen-bond donors (Lipinski definition) is 1. The van der Waals surface area contributed by atoms with Crippen LogP contribution in [-0.4, -0.2) is 27.2 Å². The molecule has 0 amide bonds. The third-order valence-electron chi connectivity index (χ3n) is 4.34. The third kappa shape index (κ3) is 3.95. The highest BCUT2D eigenvalue weighted by Crippen LogP contribution is 2.32. The molecule has 9 heteroatoms. The number of hydrogen-bond acceptors (Lipinski definition) is 3. The summed E-state index contributed by atoms with van der Waals surface area (Å²) in [5.74, 6) is -1.60. The monoisotopic (exact) mass is 432 g/mol. The van der Waals surface area contributed by atoms with Crippen LogP contribution < -0.4 is 4.74 Å². The Hall–Kier alpha value is -3.52. The highest BCUT2D eigenvalue weighted by Gasteiger charge is 2.31. The Labute approximate surface area is 172 Å². The van der Waals surface area contributed by atoms with Gasteiger partial charge in [0.25, 0.3) is 0 Å². The summed E-state index contributed by atoms with van der Waals surface area (Å²) in [5, 5.41) is 14.6. The second-order valence-electron chi connectivity index (χ2n) is 6.35. The van der Waals surface area contributed by atoms with Crippen LogP contribution in [0.25, 0.3) is 27.7 Å². The summed E-state index contributed by atoms with van der Waals surface area (Å²) in [6, 6.07) is 17.1. The molecule has 0 aliphatic rings. The van der Waals surface area contributed by atoms with E-state index in [9.17, 15) is 23.1 Å². The van der Waals surface area contributed by atoms with E-state index in [-0.39, 0.29) is 11.4 Å². The topological polar surface area (TPSA) is 64.3 Å². The number of nitrogens with zero attached hydrogens (tertiary/aromatic N) is 2. The second-order valence-corrected chi connectivity index (χ2v) is 6.79. The molecule has 4 rings (SSSR count). The Morgan fingerprint density at radius 3 is 2.43 bits per heavy atom. The van der Waals surface area contributed by atoms with Crippen molar-refractivity contribution in [1.29, 1.82) is 0 Å². The van der Waals surface area contributed by atoms with Crippen LogP contribution in [0.2, 0.25) is 5.02 Å². The summed E-state index contributed by atoms with van der Waals surface area (Å²) in [4.78, 5) is 11.7. The Bertz CT molecular complexity index is 1270. The van der Waals surface area contributed by atoms with E-state index in [1.807, 2.05) is 0 Å². The number of halogens is 4. The van der Waals surface area contributed by atoms with E-state index in [0.717, 1.165) is 0 Å². The van der Waals surface area contributed by atoms with Crippen LogP contribution in [0.15, 0.2) is 66.7 Å². The molecule has 0 aliphatic carbocycles. The van der Waals surface area contributed by atoms with Crippen molar-refractivity contribution in [3.63, 3.8) is 0 Å². The molecule has 0 aliphatic heterocycles. The molecule has 0 saturated heterocycles. The first-order valence-electron chi connectivity index (χ1n) is 8.59. The zero-order valence-electron chi connectivity index (χ0n) is 15.0. The average Bonchev–Trinajstić information content (AvgIpc) is 3.06. The number of aromatic nitrogens is 2. The number of alkyl halides is 3. The van der Waals surface area contributed by atoms with E-state index >= 15 is 0 Å². The van der Waals surface area contributed by atoms with E-state index in [1.54, 1.807) is 48.5 Å². The van der Waals surface area contributed by atoms with Crippen LogP contribution >= 0.6 is 11.6 Å². The van der Waals surface area contributed by atoms with Gasteiger partial charge in [-0.3, -0.25) is 0 Å². The molecule has 4 aromatic rings. The Morgan fingerprint density at radius 2 is 1.73 bits per heavy atom. The highest BCUT2D eigenvalue weighted by atomic mass is 35.5. The fourth-order valence-corrected chi connectivity index (χ4v) is 3.32. The Kier molecular flexibility index (Phi) is 4.87. The van der Waals surface area contributed by atoms with E-state index in [1.165, 1.54) is 22.9 Å². The van der Waals surface area contributed by atoms with E-state index in [2.05, 4.69) is 9.84 Å². The summed E-state index contributed by atoms with van der Waals surface area (Å²) in [6.07, 6.45) is -4.81. The minimum absolute atomic E-state index is 0.186. The molecule has 0 saturated carbocycles. The molecule has 5 nitrogen and oxygen atoms in total. The van der Waals surface area contributed by atoms with Gasteiger partial charge in [-0.2, -0.15) is 5.10 Å². The van der Waals surface area contributed by atoms with Crippen LogP contribution in [0.3, 0.4) is 0 Å². The maximum atomic E-state index is 12.5. The van der Waals surface area contributed by atoms with Gasteiger partial charge >= 0.3 is 12.3 Å². The van der Waals surface area contributed by atoms with Crippen molar-refractivity contribution in [2.24, 2.45) is 0 Å². The van der Waals surface area contributed by atoms with Gasteiger partial charge in [0.05, 0.1) is 11.2 Å². The van der Waals surface area contributed by atoms with Gasteiger partial charge in [0, 0.05) is 10.4 Å². The number of benzene rings is 3. The summed E-state index contributed by atoms with van der Waals surface area (Å²) in [5.41, 5.74) is 1.86. The van der Waals surface area contributed by atoms with Crippen LogP contribution in [0, 0.1) is 0 Å². The molecule has 3 aromatic carbocycles. The molecule has 0 unspecified atom stereocenters. The van der Waals surface area contributed by atoms with Crippen LogP contribution in [0.5, 0.6) is 5.75 Å². The highest BCUT2D eigenvalue weighted by molar-refractivity contribution is 6.30. The Balaban J connectivity index is 1.84. The number of aromatic carboxylic acids is 1. The molecule has 152 valence electrons. The van der Waals surface area contributed by atoms with E-state index in [0.29, 0.717) is 32.7 Å². The number of rotatable bonds is 4. The van der Waals surface area contributed by atoms with Gasteiger partial charge in [-0.25, -0.2) is 9.48 Å². The molecular weight excluding hydrogens is 421 g/mol. The zero-order chi connectivity index (χ0) is 21.5. The van der Waals surface area contributed by atoms with Crippen LogP contribution in [-0.2, 0) is 0 Å². The summed E-state index contributed by atoms with van der Waals surface area (Å²) >= 11 is 6.03. The lowest BCUT2D eigenvalue weighted by molar-refractivity contribution is -0.274.